The number of aliphatic hydroxyl groups is 1. The molecule has 4 heteroatoms. The average Bonchev–Trinajstić information content (AvgIpc) is 2.06. The number of likely N-dealkylation sites (tertiary alicyclic amines) is 1. The molecule has 0 aromatic rings. The van der Waals surface area contributed by atoms with Gasteiger partial charge in [0.2, 0.25) is 5.72 Å². The Morgan fingerprint density at radius 3 is 2.25 bits per heavy atom. The lowest BCUT2D eigenvalue weighted by Crippen LogP contribution is -2.54. The van der Waals surface area contributed by atoms with E-state index in [-0.39, 0.29) is 0 Å². The minimum Gasteiger partial charge on any atom is -0.478 e. The zero-order chi connectivity index (χ0) is 9.19. The molecule has 1 unspecified atom stereocenters. The highest BCUT2D eigenvalue weighted by molar-refractivity contribution is 5.75. The van der Waals surface area contributed by atoms with Crippen LogP contribution in [0.1, 0.15) is 26.2 Å². The molecule has 4 nitrogen and oxygen atoms in total. The predicted molar refractivity (Wildman–Crippen MR) is 43.7 cm³/mol. The highest BCUT2D eigenvalue weighted by Gasteiger charge is 2.37. The second-order valence-corrected chi connectivity index (χ2v) is 3.37. The lowest BCUT2D eigenvalue weighted by molar-refractivity contribution is -0.180. The summed E-state index contributed by atoms with van der Waals surface area (Å²) in [7, 11) is 0. The highest BCUT2D eigenvalue weighted by atomic mass is 16.4. The molecular weight excluding hydrogens is 158 g/mol. The lowest BCUT2D eigenvalue weighted by Gasteiger charge is -2.35. The van der Waals surface area contributed by atoms with Crippen LogP contribution in [0.25, 0.3) is 0 Å². The van der Waals surface area contributed by atoms with Crippen molar-refractivity contribution in [3.63, 3.8) is 0 Å². The minimum absolute atomic E-state index is 0.680. The molecule has 1 fully saturated rings. The quantitative estimate of drug-likeness (QED) is 0.629. The zero-order valence-corrected chi connectivity index (χ0v) is 7.29. The Morgan fingerprint density at radius 2 is 1.83 bits per heavy atom. The third-order valence-electron chi connectivity index (χ3n) is 2.38. The fourth-order valence-corrected chi connectivity index (χ4v) is 1.46. The summed E-state index contributed by atoms with van der Waals surface area (Å²) in [5.74, 6) is -1.16. The van der Waals surface area contributed by atoms with E-state index < -0.39 is 11.7 Å². The molecule has 1 aliphatic heterocycles. The van der Waals surface area contributed by atoms with Gasteiger partial charge in [-0.3, -0.25) is 4.90 Å². The maximum Gasteiger partial charge on any atom is 0.351 e. The van der Waals surface area contributed by atoms with Gasteiger partial charge in [0.25, 0.3) is 0 Å². The van der Waals surface area contributed by atoms with Crippen molar-refractivity contribution in [1.82, 2.24) is 4.90 Å². The maximum atomic E-state index is 10.6. The molecule has 1 heterocycles. The molecule has 0 bridgehead atoms. The van der Waals surface area contributed by atoms with E-state index in [2.05, 4.69) is 0 Å². The monoisotopic (exact) mass is 173 g/mol. The number of hydrogen-bond donors (Lipinski definition) is 2. The normalized spacial score (nSPS) is 24.8. The van der Waals surface area contributed by atoms with Gasteiger partial charge in [-0.15, -0.1) is 0 Å². The smallest absolute Gasteiger partial charge is 0.351 e. The summed E-state index contributed by atoms with van der Waals surface area (Å²) >= 11 is 0. The standard InChI is InChI=1S/C8H15NO3/c1-8(12,7(10)11)9-5-3-2-4-6-9/h12H,2-6H2,1H3,(H,10,11). The summed E-state index contributed by atoms with van der Waals surface area (Å²) in [5, 5.41) is 18.2. The predicted octanol–water partition coefficient (Wildman–Crippen LogP) is 0.265. The Labute approximate surface area is 71.8 Å². The van der Waals surface area contributed by atoms with Crippen molar-refractivity contribution in [2.75, 3.05) is 13.1 Å². The second kappa shape index (κ2) is 3.41. The summed E-state index contributed by atoms with van der Waals surface area (Å²) in [6.45, 7) is 2.69. The Hall–Kier alpha value is -0.610. The van der Waals surface area contributed by atoms with Gasteiger partial charge in [0, 0.05) is 13.1 Å². The molecule has 0 amide bonds. The van der Waals surface area contributed by atoms with Crippen LogP contribution in [0.2, 0.25) is 0 Å². The maximum absolute atomic E-state index is 10.6. The minimum atomic E-state index is -1.68. The number of carboxylic acid groups (broad SMARTS) is 1. The van der Waals surface area contributed by atoms with Crippen LogP contribution >= 0.6 is 0 Å². The fraction of sp³-hybridized carbons (Fsp3) is 0.875. The van der Waals surface area contributed by atoms with E-state index in [1.54, 1.807) is 4.90 Å². The molecule has 1 aliphatic rings. The van der Waals surface area contributed by atoms with Crippen molar-refractivity contribution in [3.8, 4) is 0 Å². The van der Waals surface area contributed by atoms with E-state index in [1.165, 1.54) is 6.92 Å². The third kappa shape index (κ3) is 1.76. The molecule has 0 aromatic carbocycles. The van der Waals surface area contributed by atoms with Crippen LogP contribution in [0.5, 0.6) is 0 Å². The van der Waals surface area contributed by atoms with Crippen LogP contribution in [0.15, 0.2) is 0 Å². The van der Waals surface area contributed by atoms with E-state index in [0.717, 1.165) is 19.3 Å². The van der Waals surface area contributed by atoms with Gasteiger partial charge in [0.15, 0.2) is 0 Å². The van der Waals surface area contributed by atoms with E-state index >= 15 is 0 Å². The first-order valence-electron chi connectivity index (χ1n) is 4.26. The second-order valence-electron chi connectivity index (χ2n) is 3.37. The van der Waals surface area contributed by atoms with Crippen LogP contribution in [-0.2, 0) is 4.79 Å². The molecule has 0 radical (unpaired) electrons. The number of piperidine rings is 1. The van der Waals surface area contributed by atoms with Crippen molar-refractivity contribution < 1.29 is 15.0 Å². The van der Waals surface area contributed by atoms with E-state index in [9.17, 15) is 9.90 Å². The molecule has 70 valence electrons. The summed E-state index contributed by atoms with van der Waals surface area (Å²) in [6.07, 6.45) is 3.08. The first kappa shape index (κ1) is 9.48. The number of rotatable bonds is 2. The Bertz CT molecular complexity index is 173. The number of aliphatic carboxylic acids is 1. The topological polar surface area (TPSA) is 60.8 Å². The molecule has 0 spiro atoms. The van der Waals surface area contributed by atoms with Gasteiger partial charge in [-0.25, -0.2) is 4.79 Å². The van der Waals surface area contributed by atoms with Crippen LogP contribution < -0.4 is 0 Å². The van der Waals surface area contributed by atoms with Crippen molar-refractivity contribution in [2.45, 2.75) is 31.9 Å². The van der Waals surface area contributed by atoms with Crippen molar-refractivity contribution in [2.24, 2.45) is 0 Å². The van der Waals surface area contributed by atoms with Crippen molar-refractivity contribution >= 4 is 5.97 Å². The van der Waals surface area contributed by atoms with E-state index in [1.807, 2.05) is 0 Å². The number of hydrogen-bond acceptors (Lipinski definition) is 3. The summed E-state index contributed by atoms with van der Waals surface area (Å²) < 4.78 is 0. The van der Waals surface area contributed by atoms with Crippen LogP contribution in [0.3, 0.4) is 0 Å². The largest absolute Gasteiger partial charge is 0.478 e. The molecule has 0 saturated carbocycles. The molecule has 0 aliphatic carbocycles. The SMILES string of the molecule is CC(O)(C(=O)O)N1CCCCC1. The number of carbonyl (C=O) groups is 1. The van der Waals surface area contributed by atoms with Crippen molar-refractivity contribution in [3.05, 3.63) is 0 Å². The van der Waals surface area contributed by atoms with Crippen LogP contribution in [-0.4, -0.2) is 39.9 Å². The summed E-state index contributed by atoms with van der Waals surface area (Å²) in [6, 6.07) is 0. The van der Waals surface area contributed by atoms with Gasteiger partial charge in [0.05, 0.1) is 0 Å². The summed E-state index contributed by atoms with van der Waals surface area (Å²) in [5.41, 5.74) is -1.68. The molecule has 1 atom stereocenters. The molecule has 12 heavy (non-hydrogen) atoms. The van der Waals surface area contributed by atoms with Gasteiger partial charge < -0.3 is 10.2 Å². The van der Waals surface area contributed by atoms with Crippen LogP contribution in [0.4, 0.5) is 0 Å². The summed E-state index contributed by atoms with van der Waals surface area (Å²) in [4.78, 5) is 12.2. The molecule has 2 N–H and O–H groups in total. The molecular formula is C8H15NO3. The first-order valence-corrected chi connectivity index (χ1v) is 4.26. The molecule has 1 saturated heterocycles. The first-order chi connectivity index (χ1) is 5.55. The number of carboxylic acids is 1. The van der Waals surface area contributed by atoms with Gasteiger partial charge in [-0.05, 0) is 19.8 Å². The Morgan fingerprint density at radius 1 is 1.33 bits per heavy atom. The van der Waals surface area contributed by atoms with Crippen molar-refractivity contribution in [1.29, 1.82) is 0 Å². The van der Waals surface area contributed by atoms with Gasteiger partial charge in [-0.1, -0.05) is 6.42 Å². The zero-order valence-electron chi connectivity index (χ0n) is 7.29. The molecule has 0 aromatic heterocycles. The van der Waals surface area contributed by atoms with Gasteiger partial charge in [-0.2, -0.15) is 0 Å². The fourth-order valence-electron chi connectivity index (χ4n) is 1.46. The average molecular weight is 173 g/mol. The lowest BCUT2D eigenvalue weighted by atomic mass is 10.1. The molecule has 1 rings (SSSR count). The Kier molecular flexibility index (Phi) is 2.69. The van der Waals surface area contributed by atoms with Crippen LogP contribution in [0, 0.1) is 0 Å². The Balaban J connectivity index is 2.59. The number of nitrogens with zero attached hydrogens (tertiary/aromatic N) is 1. The van der Waals surface area contributed by atoms with Gasteiger partial charge in [0.1, 0.15) is 0 Å². The van der Waals surface area contributed by atoms with E-state index in [0.29, 0.717) is 13.1 Å². The van der Waals surface area contributed by atoms with Gasteiger partial charge >= 0.3 is 5.97 Å². The third-order valence-corrected chi connectivity index (χ3v) is 2.38. The highest BCUT2D eigenvalue weighted by Crippen LogP contribution is 2.18. The van der Waals surface area contributed by atoms with E-state index in [4.69, 9.17) is 5.11 Å².